The first kappa shape index (κ1) is 11.8. The Balaban J connectivity index is 1.62. The van der Waals surface area contributed by atoms with Crippen molar-refractivity contribution < 1.29 is 17.4 Å². The molecule has 2 aromatic heterocycles. The highest BCUT2D eigenvalue weighted by molar-refractivity contribution is 7.09. The van der Waals surface area contributed by atoms with Crippen LogP contribution in [0.4, 0.5) is 10.3 Å². The summed E-state index contributed by atoms with van der Waals surface area (Å²) in [5.41, 5.74) is 0.347. The van der Waals surface area contributed by atoms with E-state index in [2.05, 4.69) is 19.6 Å². The number of hydrogen-bond acceptors (Lipinski definition) is 7. The standard InChI is InChI=1S/C17H18FN7OS/c1-10-13-20-21-14(15-19-17(22-27-15)23(2)3)25(13)9-8-24(10)16(26)11-4-6-12(18)7-5-11/h4-7,10H,8-9H2,1-3H3/t10-/m1/s1/i2D3,3D3. The van der Waals surface area contributed by atoms with Crippen molar-refractivity contribution in [3.63, 3.8) is 0 Å². The van der Waals surface area contributed by atoms with Crippen LogP contribution in [0.1, 0.15) is 37.4 Å². The van der Waals surface area contributed by atoms with Gasteiger partial charge in [0, 0.05) is 40.8 Å². The fraction of sp³-hybridized carbons (Fsp3) is 0.353. The third kappa shape index (κ3) is 3.05. The Morgan fingerprint density at radius 2 is 2.07 bits per heavy atom. The molecule has 27 heavy (non-hydrogen) atoms. The largest absolute Gasteiger partial charge is 0.346 e. The Labute approximate surface area is 167 Å². The van der Waals surface area contributed by atoms with Crippen LogP contribution in [0.5, 0.6) is 0 Å². The third-order valence-electron chi connectivity index (χ3n) is 4.34. The van der Waals surface area contributed by atoms with Crippen molar-refractivity contribution in [2.24, 2.45) is 0 Å². The number of halogens is 1. The molecule has 4 rings (SSSR count). The molecule has 3 aromatic rings. The number of rotatable bonds is 3. The van der Waals surface area contributed by atoms with Crippen LogP contribution < -0.4 is 4.90 Å². The zero-order chi connectivity index (χ0) is 24.1. The Morgan fingerprint density at radius 1 is 1.30 bits per heavy atom. The van der Waals surface area contributed by atoms with Crippen LogP contribution in [-0.2, 0) is 6.54 Å². The van der Waals surface area contributed by atoms with E-state index >= 15 is 0 Å². The smallest absolute Gasteiger partial charge is 0.254 e. The second-order valence-electron chi connectivity index (χ2n) is 5.95. The molecule has 0 aliphatic carbocycles. The molecule has 10 heteroatoms. The molecule has 0 radical (unpaired) electrons. The van der Waals surface area contributed by atoms with Gasteiger partial charge in [-0.2, -0.15) is 9.36 Å². The molecule has 0 N–H and O–H groups in total. The summed E-state index contributed by atoms with van der Waals surface area (Å²) in [5, 5.41) is 8.50. The van der Waals surface area contributed by atoms with Crippen LogP contribution in [-0.4, -0.2) is 55.4 Å². The highest BCUT2D eigenvalue weighted by atomic mass is 32.1. The first-order valence-electron chi connectivity index (χ1n) is 11.0. The van der Waals surface area contributed by atoms with Crippen molar-refractivity contribution >= 4 is 23.4 Å². The van der Waals surface area contributed by atoms with Crippen LogP contribution >= 0.6 is 11.5 Å². The Morgan fingerprint density at radius 3 is 2.81 bits per heavy atom. The topological polar surface area (TPSA) is 80.0 Å². The Hall–Kier alpha value is -2.88. The fourth-order valence-corrected chi connectivity index (χ4v) is 3.62. The molecule has 1 aliphatic rings. The van der Waals surface area contributed by atoms with Crippen molar-refractivity contribution in [1.82, 2.24) is 29.0 Å². The molecular weight excluding hydrogens is 369 g/mol. The minimum absolute atomic E-state index is 0.202. The van der Waals surface area contributed by atoms with Crippen LogP contribution in [0.3, 0.4) is 0 Å². The number of aromatic nitrogens is 5. The molecule has 0 bridgehead atoms. The lowest BCUT2D eigenvalue weighted by Crippen LogP contribution is -2.41. The van der Waals surface area contributed by atoms with E-state index in [9.17, 15) is 9.18 Å². The number of carbonyl (C=O) groups is 1. The molecule has 1 atom stereocenters. The van der Waals surface area contributed by atoms with E-state index in [4.69, 9.17) is 8.22 Å². The van der Waals surface area contributed by atoms with Crippen molar-refractivity contribution in [3.05, 3.63) is 41.5 Å². The molecule has 0 fully saturated rings. The van der Waals surface area contributed by atoms with E-state index in [1.807, 2.05) is 0 Å². The van der Waals surface area contributed by atoms with Gasteiger partial charge in [0.1, 0.15) is 5.82 Å². The molecule has 1 aliphatic heterocycles. The normalized spacial score (nSPS) is 20.5. The average Bonchev–Trinajstić information content (AvgIpc) is 3.33. The maximum atomic E-state index is 13.2. The second kappa shape index (κ2) is 6.69. The molecule has 140 valence electrons. The lowest BCUT2D eigenvalue weighted by atomic mass is 10.1. The molecule has 1 amide bonds. The van der Waals surface area contributed by atoms with Crippen LogP contribution in [0.25, 0.3) is 10.8 Å². The summed E-state index contributed by atoms with van der Waals surface area (Å²) in [6.07, 6.45) is 0. The van der Waals surface area contributed by atoms with Gasteiger partial charge in [0.05, 0.1) is 6.04 Å². The number of fused-ring (bicyclic) bond motifs is 1. The number of benzene rings is 1. The van der Waals surface area contributed by atoms with Gasteiger partial charge in [-0.25, -0.2) is 4.39 Å². The summed E-state index contributed by atoms with van der Waals surface area (Å²) >= 11 is 0.805. The maximum Gasteiger partial charge on any atom is 0.254 e. The lowest BCUT2D eigenvalue weighted by Gasteiger charge is -2.33. The predicted octanol–water partition coefficient (Wildman–Crippen LogP) is 2.22. The number of hydrogen-bond donors (Lipinski definition) is 0. The van der Waals surface area contributed by atoms with Crippen LogP contribution in [0, 0.1) is 5.82 Å². The lowest BCUT2D eigenvalue weighted by molar-refractivity contribution is 0.0638. The summed E-state index contributed by atoms with van der Waals surface area (Å²) in [4.78, 5) is 18.8. The zero-order valence-electron chi connectivity index (χ0n) is 20.1. The van der Waals surface area contributed by atoms with E-state index in [1.165, 1.54) is 24.3 Å². The van der Waals surface area contributed by atoms with Gasteiger partial charge in [0.15, 0.2) is 16.7 Å². The number of amides is 1. The Bertz CT molecular complexity index is 1160. The summed E-state index contributed by atoms with van der Waals surface area (Å²) in [7, 11) is 0. The summed E-state index contributed by atoms with van der Waals surface area (Å²) in [5.74, 6) is -0.390. The zero-order valence-corrected chi connectivity index (χ0v) is 14.9. The molecule has 1 aromatic carbocycles. The third-order valence-corrected chi connectivity index (χ3v) is 5.05. The summed E-state index contributed by atoms with van der Waals surface area (Å²) < 4.78 is 64.0. The molecule has 3 heterocycles. The molecule has 0 spiro atoms. The van der Waals surface area contributed by atoms with Gasteiger partial charge in [0.2, 0.25) is 5.95 Å². The second-order valence-corrected chi connectivity index (χ2v) is 6.70. The fourth-order valence-electron chi connectivity index (χ4n) is 2.98. The predicted molar refractivity (Wildman–Crippen MR) is 99.1 cm³/mol. The van der Waals surface area contributed by atoms with Gasteiger partial charge in [-0.3, -0.25) is 4.79 Å². The van der Waals surface area contributed by atoms with E-state index < -0.39 is 31.8 Å². The van der Waals surface area contributed by atoms with E-state index in [-0.39, 0.29) is 15.8 Å². The van der Waals surface area contributed by atoms with E-state index in [1.54, 1.807) is 16.4 Å². The number of carbonyl (C=O) groups excluding carboxylic acids is 1. The molecule has 0 saturated heterocycles. The molecule has 0 unspecified atom stereocenters. The first-order valence-corrected chi connectivity index (χ1v) is 8.79. The van der Waals surface area contributed by atoms with Gasteiger partial charge in [0.25, 0.3) is 5.91 Å². The monoisotopic (exact) mass is 393 g/mol. The molecular formula is C17H18FN7OS. The maximum absolute atomic E-state index is 13.2. The number of nitrogens with zero attached hydrogens (tertiary/aromatic N) is 7. The van der Waals surface area contributed by atoms with Gasteiger partial charge in [-0.1, -0.05) is 0 Å². The van der Waals surface area contributed by atoms with Crippen LogP contribution in [0.2, 0.25) is 0 Å². The minimum atomic E-state index is -2.97. The minimum Gasteiger partial charge on any atom is -0.346 e. The first-order chi connectivity index (χ1) is 15.4. The summed E-state index contributed by atoms with van der Waals surface area (Å²) in [6, 6.07) is 4.82. The van der Waals surface area contributed by atoms with Crippen molar-refractivity contribution in [2.45, 2.75) is 19.5 Å². The molecule has 8 nitrogen and oxygen atoms in total. The van der Waals surface area contributed by atoms with E-state index in [0.29, 0.717) is 30.3 Å². The van der Waals surface area contributed by atoms with Crippen molar-refractivity contribution in [3.8, 4) is 10.8 Å². The van der Waals surface area contributed by atoms with Gasteiger partial charge in [-0.05, 0) is 42.7 Å². The quantitative estimate of drug-likeness (QED) is 0.679. The SMILES string of the molecule is [2H]C([2H])([2H])N(c1nsc(-c2nnc3n2CCN(C(=O)c2ccc(F)cc2)[C@@H]3C)n1)C([2H])([2H])[2H]. The average molecular weight is 393 g/mol. The Kier molecular flexibility index (Phi) is 2.91. The highest BCUT2D eigenvalue weighted by Crippen LogP contribution is 2.30. The van der Waals surface area contributed by atoms with Gasteiger partial charge in [-0.15, -0.1) is 10.2 Å². The van der Waals surface area contributed by atoms with Gasteiger partial charge >= 0.3 is 0 Å². The summed E-state index contributed by atoms with van der Waals surface area (Å²) in [6.45, 7) is -3.52. The number of anilines is 1. The van der Waals surface area contributed by atoms with E-state index in [0.717, 1.165) is 11.5 Å². The van der Waals surface area contributed by atoms with Crippen molar-refractivity contribution in [1.29, 1.82) is 0 Å². The highest BCUT2D eigenvalue weighted by Gasteiger charge is 2.32. The van der Waals surface area contributed by atoms with Gasteiger partial charge < -0.3 is 14.4 Å². The molecule has 0 saturated carbocycles. The van der Waals surface area contributed by atoms with Crippen LogP contribution in [0.15, 0.2) is 24.3 Å². The van der Waals surface area contributed by atoms with Crippen molar-refractivity contribution in [2.75, 3.05) is 25.4 Å².